The van der Waals surface area contributed by atoms with E-state index in [0.29, 0.717) is 48.7 Å². The summed E-state index contributed by atoms with van der Waals surface area (Å²) in [6.45, 7) is 2.19. The number of nitro groups is 1. The molecule has 1 aliphatic heterocycles. The predicted molar refractivity (Wildman–Crippen MR) is 99.2 cm³/mol. The normalized spacial score (nSPS) is 16.4. The average Bonchev–Trinajstić information content (AvgIpc) is 2.94. The first-order chi connectivity index (χ1) is 13.1. The third-order valence-corrected chi connectivity index (χ3v) is 4.76. The molecule has 0 amide bonds. The SMILES string of the molecule is O=C1C(=Cc2ccc(N3CCOCC3)c([N+](=O)[O-])c2)C(=O)c2ccccc21. The highest BCUT2D eigenvalue weighted by Crippen LogP contribution is 2.32. The molecule has 0 aromatic heterocycles. The van der Waals surface area contributed by atoms with Crippen molar-refractivity contribution in [1.29, 1.82) is 0 Å². The summed E-state index contributed by atoms with van der Waals surface area (Å²) >= 11 is 0. The largest absolute Gasteiger partial charge is 0.378 e. The van der Waals surface area contributed by atoms with Crippen molar-refractivity contribution in [3.05, 3.63) is 74.8 Å². The topological polar surface area (TPSA) is 89.8 Å². The Bertz CT molecular complexity index is 953. The maximum Gasteiger partial charge on any atom is 0.293 e. The minimum Gasteiger partial charge on any atom is -0.378 e. The van der Waals surface area contributed by atoms with Gasteiger partial charge >= 0.3 is 0 Å². The van der Waals surface area contributed by atoms with E-state index >= 15 is 0 Å². The summed E-state index contributed by atoms with van der Waals surface area (Å²) in [7, 11) is 0. The van der Waals surface area contributed by atoms with E-state index in [1.54, 1.807) is 36.4 Å². The number of nitrogens with zero attached hydrogens (tertiary/aromatic N) is 2. The van der Waals surface area contributed by atoms with Crippen LogP contribution in [0.2, 0.25) is 0 Å². The van der Waals surface area contributed by atoms with Gasteiger partial charge < -0.3 is 9.64 Å². The molecule has 2 aromatic carbocycles. The number of nitro benzene ring substituents is 1. The zero-order valence-corrected chi connectivity index (χ0v) is 14.4. The molecule has 0 N–H and O–H groups in total. The summed E-state index contributed by atoms with van der Waals surface area (Å²) in [5.74, 6) is -0.703. The standard InChI is InChI=1S/C20H16N2O5/c23-19-14-3-1-2-4-15(14)20(24)16(19)11-13-5-6-17(18(12-13)22(25)26)21-7-9-27-10-8-21/h1-6,11-12H,7-10H2. The zero-order chi connectivity index (χ0) is 19.0. The van der Waals surface area contributed by atoms with E-state index in [2.05, 4.69) is 0 Å². The fourth-order valence-corrected chi connectivity index (χ4v) is 3.42. The molecule has 0 unspecified atom stereocenters. The lowest BCUT2D eigenvalue weighted by Gasteiger charge is -2.28. The van der Waals surface area contributed by atoms with Crippen molar-refractivity contribution in [2.75, 3.05) is 31.2 Å². The van der Waals surface area contributed by atoms with Crippen LogP contribution in [-0.4, -0.2) is 42.8 Å². The number of fused-ring (bicyclic) bond motifs is 1. The van der Waals surface area contributed by atoms with Crippen LogP contribution in [0.5, 0.6) is 0 Å². The summed E-state index contributed by atoms with van der Waals surface area (Å²) in [6.07, 6.45) is 1.43. The fourth-order valence-electron chi connectivity index (χ4n) is 3.42. The van der Waals surface area contributed by atoms with Crippen molar-refractivity contribution in [3.8, 4) is 0 Å². The Labute approximate surface area is 155 Å². The molecule has 1 fully saturated rings. The van der Waals surface area contributed by atoms with Crippen molar-refractivity contribution in [2.24, 2.45) is 0 Å². The molecule has 4 rings (SSSR count). The highest BCUT2D eigenvalue weighted by Gasteiger charge is 2.32. The molecule has 1 aliphatic carbocycles. The van der Waals surface area contributed by atoms with Gasteiger partial charge in [-0.25, -0.2) is 0 Å². The van der Waals surface area contributed by atoms with Crippen LogP contribution in [0.3, 0.4) is 0 Å². The number of benzene rings is 2. The number of ketones is 2. The highest BCUT2D eigenvalue weighted by molar-refractivity contribution is 6.41. The average molecular weight is 364 g/mol. The van der Waals surface area contributed by atoms with Crippen molar-refractivity contribution in [2.45, 2.75) is 0 Å². The van der Waals surface area contributed by atoms with Crippen LogP contribution in [0.25, 0.3) is 6.08 Å². The fraction of sp³-hybridized carbons (Fsp3) is 0.200. The van der Waals surface area contributed by atoms with Gasteiger partial charge in [-0.2, -0.15) is 0 Å². The predicted octanol–water partition coefficient (Wildman–Crippen LogP) is 2.89. The monoisotopic (exact) mass is 364 g/mol. The molecule has 0 atom stereocenters. The Morgan fingerprint density at radius 1 is 1.00 bits per heavy atom. The Morgan fingerprint density at radius 3 is 2.22 bits per heavy atom. The molecule has 0 radical (unpaired) electrons. The third-order valence-electron chi connectivity index (χ3n) is 4.76. The van der Waals surface area contributed by atoms with Gasteiger partial charge in [-0.3, -0.25) is 19.7 Å². The Kier molecular flexibility index (Phi) is 4.29. The van der Waals surface area contributed by atoms with E-state index in [1.807, 2.05) is 4.90 Å². The quantitative estimate of drug-likeness (QED) is 0.360. The number of anilines is 1. The lowest BCUT2D eigenvalue weighted by molar-refractivity contribution is -0.384. The minimum atomic E-state index is -0.445. The van der Waals surface area contributed by atoms with Crippen LogP contribution < -0.4 is 4.90 Å². The Morgan fingerprint density at radius 2 is 1.63 bits per heavy atom. The Hall–Kier alpha value is -3.32. The highest BCUT2D eigenvalue weighted by atomic mass is 16.6. The smallest absolute Gasteiger partial charge is 0.293 e. The van der Waals surface area contributed by atoms with Crippen LogP contribution in [0.15, 0.2) is 48.0 Å². The van der Waals surface area contributed by atoms with E-state index in [1.165, 1.54) is 12.1 Å². The minimum absolute atomic E-state index is 0.0321. The molecular formula is C20H16N2O5. The molecule has 7 heteroatoms. The molecule has 1 heterocycles. The maximum atomic E-state index is 12.5. The second-order valence-corrected chi connectivity index (χ2v) is 6.37. The van der Waals surface area contributed by atoms with E-state index < -0.39 is 4.92 Å². The van der Waals surface area contributed by atoms with Gasteiger partial charge in [0.2, 0.25) is 0 Å². The van der Waals surface area contributed by atoms with Crippen LogP contribution >= 0.6 is 0 Å². The molecule has 2 aliphatic rings. The number of rotatable bonds is 3. The summed E-state index contributed by atoms with van der Waals surface area (Å²) in [5, 5.41) is 11.6. The van der Waals surface area contributed by atoms with Crippen LogP contribution in [0, 0.1) is 10.1 Å². The molecule has 0 bridgehead atoms. The molecule has 27 heavy (non-hydrogen) atoms. The van der Waals surface area contributed by atoms with Crippen molar-refractivity contribution >= 4 is 29.0 Å². The summed E-state index contributed by atoms with van der Waals surface area (Å²) in [6, 6.07) is 11.4. The molecule has 0 saturated carbocycles. The molecule has 2 aromatic rings. The van der Waals surface area contributed by atoms with Crippen molar-refractivity contribution in [3.63, 3.8) is 0 Å². The van der Waals surface area contributed by atoms with Crippen molar-refractivity contribution < 1.29 is 19.2 Å². The van der Waals surface area contributed by atoms with Gasteiger partial charge in [-0.15, -0.1) is 0 Å². The first kappa shape index (κ1) is 17.1. The van der Waals surface area contributed by atoms with Gasteiger partial charge in [0.1, 0.15) is 5.69 Å². The number of hydrogen-bond donors (Lipinski definition) is 0. The van der Waals surface area contributed by atoms with Gasteiger partial charge in [-0.1, -0.05) is 30.3 Å². The second-order valence-electron chi connectivity index (χ2n) is 6.37. The van der Waals surface area contributed by atoms with Gasteiger partial charge in [0.15, 0.2) is 11.6 Å². The first-order valence-corrected chi connectivity index (χ1v) is 8.57. The number of Topliss-reactive ketones (excluding diaryl/α,β-unsaturated/α-hetero) is 2. The number of allylic oxidation sites excluding steroid dienone is 1. The lowest BCUT2D eigenvalue weighted by Crippen LogP contribution is -2.36. The van der Waals surface area contributed by atoms with Crippen LogP contribution in [-0.2, 0) is 4.74 Å². The van der Waals surface area contributed by atoms with Crippen LogP contribution in [0.4, 0.5) is 11.4 Å². The molecule has 1 saturated heterocycles. The van der Waals surface area contributed by atoms with E-state index in [4.69, 9.17) is 4.74 Å². The molecular weight excluding hydrogens is 348 g/mol. The lowest BCUT2D eigenvalue weighted by atomic mass is 10.1. The van der Waals surface area contributed by atoms with Crippen molar-refractivity contribution in [1.82, 2.24) is 0 Å². The van der Waals surface area contributed by atoms with Gasteiger partial charge in [0.25, 0.3) is 5.69 Å². The molecule has 7 nitrogen and oxygen atoms in total. The first-order valence-electron chi connectivity index (χ1n) is 8.57. The number of ether oxygens (including phenoxy) is 1. The number of carbonyl (C=O) groups is 2. The molecule has 0 spiro atoms. The van der Waals surface area contributed by atoms with E-state index in [-0.39, 0.29) is 22.8 Å². The maximum absolute atomic E-state index is 12.5. The Balaban J connectivity index is 1.72. The van der Waals surface area contributed by atoms with E-state index in [9.17, 15) is 19.7 Å². The van der Waals surface area contributed by atoms with Gasteiger partial charge in [0, 0.05) is 30.3 Å². The third kappa shape index (κ3) is 3.02. The second kappa shape index (κ2) is 6.77. The molecule has 136 valence electrons. The summed E-state index contributed by atoms with van der Waals surface area (Å²) in [5.41, 5.74) is 1.67. The van der Waals surface area contributed by atoms with Crippen LogP contribution in [0.1, 0.15) is 26.3 Å². The number of hydrogen-bond acceptors (Lipinski definition) is 6. The summed E-state index contributed by atoms with van der Waals surface area (Å²) < 4.78 is 5.29. The van der Waals surface area contributed by atoms with Gasteiger partial charge in [-0.05, 0) is 17.7 Å². The number of carbonyl (C=O) groups excluding carboxylic acids is 2. The number of morpholine rings is 1. The summed E-state index contributed by atoms with van der Waals surface area (Å²) in [4.78, 5) is 38.0. The van der Waals surface area contributed by atoms with Gasteiger partial charge in [0.05, 0.1) is 23.7 Å². The zero-order valence-electron chi connectivity index (χ0n) is 14.4. The van der Waals surface area contributed by atoms with E-state index in [0.717, 1.165) is 0 Å².